The molecule has 0 radical (unpaired) electrons. The zero-order chi connectivity index (χ0) is 12.3. The molecule has 1 saturated heterocycles. The first-order valence-electron chi connectivity index (χ1n) is 5.92. The van der Waals surface area contributed by atoms with Crippen LogP contribution in [0.15, 0.2) is 24.3 Å². The van der Waals surface area contributed by atoms with E-state index in [0.717, 1.165) is 24.8 Å². The van der Waals surface area contributed by atoms with Crippen LogP contribution in [-0.4, -0.2) is 28.3 Å². The Bertz CT molecular complexity index is 388. The highest BCUT2D eigenvalue weighted by Gasteiger charge is 2.25. The van der Waals surface area contributed by atoms with Gasteiger partial charge in [-0.05, 0) is 43.4 Å². The van der Waals surface area contributed by atoms with Gasteiger partial charge in [0.15, 0.2) is 0 Å². The van der Waals surface area contributed by atoms with Crippen LogP contribution in [-0.2, 0) is 11.2 Å². The number of phenolic OH excluding ortho intramolecular Hbond substituents is 1. The van der Waals surface area contributed by atoms with Crippen molar-refractivity contribution in [3.63, 3.8) is 0 Å². The summed E-state index contributed by atoms with van der Waals surface area (Å²) in [4.78, 5) is 10.9. The number of benzene rings is 1. The third-order valence-corrected chi connectivity index (χ3v) is 3.20. The number of nitrogens with one attached hydrogen (secondary N) is 1. The van der Waals surface area contributed by atoms with Gasteiger partial charge in [0.25, 0.3) is 0 Å². The van der Waals surface area contributed by atoms with E-state index < -0.39 is 12.0 Å². The van der Waals surface area contributed by atoms with Gasteiger partial charge in [-0.2, -0.15) is 0 Å². The molecular formula is C13H17NO3. The molecule has 17 heavy (non-hydrogen) atoms. The Labute approximate surface area is 100 Å². The third kappa shape index (κ3) is 3.20. The molecule has 1 aliphatic heterocycles. The third-order valence-electron chi connectivity index (χ3n) is 3.20. The second-order valence-electron chi connectivity index (χ2n) is 4.56. The van der Waals surface area contributed by atoms with Gasteiger partial charge in [-0.3, -0.25) is 4.79 Å². The molecule has 0 spiro atoms. The molecule has 2 rings (SSSR count). The molecule has 3 N–H and O–H groups in total. The van der Waals surface area contributed by atoms with Gasteiger partial charge in [0.1, 0.15) is 11.8 Å². The summed E-state index contributed by atoms with van der Waals surface area (Å²) >= 11 is 0. The number of hydrogen-bond donors (Lipinski definition) is 3. The van der Waals surface area contributed by atoms with Crippen LogP contribution in [0.4, 0.5) is 0 Å². The van der Waals surface area contributed by atoms with Crippen molar-refractivity contribution in [1.29, 1.82) is 0 Å². The molecule has 1 heterocycles. The maximum absolute atomic E-state index is 10.9. The van der Waals surface area contributed by atoms with Crippen molar-refractivity contribution in [1.82, 2.24) is 5.32 Å². The molecule has 0 aliphatic carbocycles. The average molecular weight is 235 g/mol. The average Bonchev–Trinajstić information content (AvgIpc) is 2.32. The highest BCUT2D eigenvalue weighted by atomic mass is 16.4. The van der Waals surface area contributed by atoms with E-state index in [2.05, 4.69) is 5.32 Å². The van der Waals surface area contributed by atoms with Gasteiger partial charge in [-0.1, -0.05) is 12.1 Å². The smallest absolute Gasteiger partial charge is 0.320 e. The summed E-state index contributed by atoms with van der Waals surface area (Å²) in [7, 11) is 0. The molecule has 2 atom stereocenters. The minimum Gasteiger partial charge on any atom is -0.508 e. The first-order valence-corrected chi connectivity index (χ1v) is 5.92. The highest BCUT2D eigenvalue weighted by Crippen LogP contribution is 2.18. The largest absolute Gasteiger partial charge is 0.508 e. The zero-order valence-corrected chi connectivity index (χ0v) is 9.60. The maximum Gasteiger partial charge on any atom is 0.320 e. The predicted octanol–water partition coefficient (Wildman–Crippen LogP) is 1.53. The van der Waals surface area contributed by atoms with Crippen molar-refractivity contribution >= 4 is 5.97 Å². The predicted molar refractivity (Wildman–Crippen MR) is 64.0 cm³/mol. The molecule has 0 bridgehead atoms. The summed E-state index contributed by atoms with van der Waals surface area (Å²) in [6, 6.07) is 6.88. The Morgan fingerprint density at radius 1 is 1.29 bits per heavy atom. The van der Waals surface area contributed by atoms with E-state index in [1.54, 1.807) is 12.1 Å². The molecule has 1 aromatic carbocycles. The Kier molecular flexibility index (Phi) is 3.64. The van der Waals surface area contributed by atoms with Gasteiger partial charge in [0.05, 0.1) is 0 Å². The normalized spacial score (nSPS) is 24.5. The van der Waals surface area contributed by atoms with Gasteiger partial charge in [-0.15, -0.1) is 0 Å². The number of aliphatic carboxylic acids is 1. The standard InChI is InChI=1S/C13H17NO3/c15-11-6-4-9(5-7-11)8-10-2-1-3-12(14-10)13(16)17/h4-7,10,12,14-15H,1-3,8H2,(H,16,17). The minimum absolute atomic E-state index is 0.217. The fourth-order valence-electron chi connectivity index (χ4n) is 2.29. The van der Waals surface area contributed by atoms with Gasteiger partial charge < -0.3 is 15.5 Å². The molecule has 4 heteroatoms. The number of carboxylic acid groups (broad SMARTS) is 1. The van der Waals surface area contributed by atoms with E-state index >= 15 is 0 Å². The van der Waals surface area contributed by atoms with Gasteiger partial charge in [0.2, 0.25) is 0 Å². The lowest BCUT2D eigenvalue weighted by Crippen LogP contribution is -2.47. The molecule has 0 aromatic heterocycles. The summed E-state index contributed by atoms with van der Waals surface area (Å²) in [6.07, 6.45) is 3.48. The summed E-state index contributed by atoms with van der Waals surface area (Å²) in [6.45, 7) is 0. The molecule has 4 nitrogen and oxygen atoms in total. The van der Waals surface area contributed by atoms with E-state index in [1.165, 1.54) is 0 Å². The topological polar surface area (TPSA) is 69.6 Å². The lowest BCUT2D eigenvalue weighted by atomic mass is 9.94. The number of rotatable bonds is 3. The molecule has 1 aromatic rings. The molecule has 1 fully saturated rings. The van der Waals surface area contributed by atoms with E-state index in [9.17, 15) is 9.90 Å². The van der Waals surface area contributed by atoms with Crippen molar-refractivity contribution < 1.29 is 15.0 Å². The van der Waals surface area contributed by atoms with Crippen LogP contribution in [0, 0.1) is 0 Å². The molecule has 0 amide bonds. The number of hydrogen-bond acceptors (Lipinski definition) is 3. The summed E-state index contributed by atoms with van der Waals surface area (Å²) < 4.78 is 0. The van der Waals surface area contributed by atoms with Crippen LogP contribution < -0.4 is 5.32 Å². The Balaban J connectivity index is 1.94. The first-order chi connectivity index (χ1) is 8.15. The molecule has 2 unspecified atom stereocenters. The van der Waals surface area contributed by atoms with Crippen LogP contribution in [0.1, 0.15) is 24.8 Å². The summed E-state index contributed by atoms with van der Waals surface area (Å²) in [5.74, 6) is -0.505. The molecule has 1 aliphatic rings. The SMILES string of the molecule is O=C(O)C1CCCC(Cc2ccc(O)cc2)N1. The zero-order valence-electron chi connectivity index (χ0n) is 9.60. The van der Waals surface area contributed by atoms with E-state index in [4.69, 9.17) is 5.11 Å². The van der Waals surface area contributed by atoms with Crippen molar-refractivity contribution in [2.45, 2.75) is 37.8 Å². The van der Waals surface area contributed by atoms with Crippen LogP contribution in [0.25, 0.3) is 0 Å². The van der Waals surface area contributed by atoms with Gasteiger partial charge in [-0.25, -0.2) is 0 Å². The van der Waals surface area contributed by atoms with E-state index in [1.807, 2.05) is 12.1 Å². The number of carboxylic acids is 1. The summed E-state index contributed by atoms with van der Waals surface area (Å²) in [5.41, 5.74) is 1.12. The number of phenols is 1. The van der Waals surface area contributed by atoms with Crippen LogP contribution in [0.5, 0.6) is 5.75 Å². The first kappa shape index (κ1) is 11.9. The second kappa shape index (κ2) is 5.19. The van der Waals surface area contributed by atoms with Crippen molar-refractivity contribution in [2.75, 3.05) is 0 Å². The van der Waals surface area contributed by atoms with Gasteiger partial charge >= 0.3 is 5.97 Å². The van der Waals surface area contributed by atoms with Crippen molar-refractivity contribution in [3.05, 3.63) is 29.8 Å². The van der Waals surface area contributed by atoms with Crippen LogP contribution in [0.2, 0.25) is 0 Å². The second-order valence-corrected chi connectivity index (χ2v) is 4.56. The fraction of sp³-hybridized carbons (Fsp3) is 0.462. The monoisotopic (exact) mass is 235 g/mol. The highest BCUT2D eigenvalue weighted by molar-refractivity contribution is 5.73. The number of carbonyl (C=O) groups is 1. The van der Waals surface area contributed by atoms with Crippen LogP contribution >= 0.6 is 0 Å². The number of aromatic hydroxyl groups is 1. The Hall–Kier alpha value is -1.55. The Morgan fingerprint density at radius 2 is 2.00 bits per heavy atom. The fourth-order valence-corrected chi connectivity index (χ4v) is 2.29. The minimum atomic E-state index is -0.764. The molecule has 0 saturated carbocycles. The maximum atomic E-state index is 10.9. The quantitative estimate of drug-likeness (QED) is 0.743. The van der Waals surface area contributed by atoms with Crippen molar-refractivity contribution in [2.24, 2.45) is 0 Å². The lowest BCUT2D eigenvalue weighted by Gasteiger charge is -2.28. The van der Waals surface area contributed by atoms with E-state index in [-0.39, 0.29) is 11.8 Å². The number of piperidine rings is 1. The van der Waals surface area contributed by atoms with E-state index in [0.29, 0.717) is 6.42 Å². The lowest BCUT2D eigenvalue weighted by molar-refractivity contribution is -0.140. The summed E-state index contributed by atoms with van der Waals surface area (Å²) in [5, 5.41) is 21.3. The van der Waals surface area contributed by atoms with Crippen LogP contribution in [0.3, 0.4) is 0 Å². The van der Waals surface area contributed by atoms with Crippen molar-refractivity contribution in [3.8, 4) is 5.75 Å². The molecule has 92 valence electrons. The molecular weight excluding hydrogens is 218 g/mol. The Morgan fingerprint density at radius 3 is 2.65 bits per heavy atom. The van der Waals surface area contributed by atoms with Gasteiger partial charge in [0, 0.05) is 6.04 Å².